The summed E-state index contributed by atoms with van der Waals surface area (Å²) in [4.78, 5) is 0. The van der Waals surface area contributed by atoms with Crippen molar-refractivity contribution >= 4 is 0 Å². The summed E-state index contributed by atoms with van der Waals surface area (Å²) in [5, 5.41) is 7.89. The smallest absolute Gasteiger partial charge is 0.0762 e. The van der Waals surface area contributed by atoms with Crippen molar-refractivity contribution in [2.75, 3.05) is 6.54 Å². The van der Waals surface area contributed by atoms with Gasteiger partial charge in [0.2, 0.25) is 0 Å². The summed E-state index contributed by atoms with van der Waals surface area (Å²) in [5.74, 6) is 1.35. The highest BCUT2D eigenvalue weighted by Gasteiger charge is 2.01. The minimum atomic E-state index is 0.654. The number of hydrogen-bond acceptors (Lipinski definition) is 2. The standard InChI is InChI=1S/C12H23N3/c1-10(2)7-13-8-12-5-6-15(14-12)9-11(3)4/h5-6,10-11,13H,7-9H2,1-4H3. The molecule has 0 amide bonds. The summed E-state index contributed by atoms with van der Waals surface area (Å²) < 4.78 is 2.02. The number of nitrogens with zero attached hydrogens (tertiary/aromatic N) is 2. The maximum atomic E-state index is 4.50. The molecule has 0 aliphatic carbocycles. The third-order valence-electron chi connectivity index (χ3n) is 2.11. The van der Waals surface area contributed by atoms with Crippen LogP contribution in [0.5, 0.6) is 0 Å². The first-order valence-corrected chi connectivity index (χ1v) is 5.81. The molecule has 0 aromatic carbocycles. The fourth-order valence-electron chi connectivity index (χ4n) is 1.46. The predicted octanol–water partition coefficient (Wildman–Crippen LogP) is 2.28. The number of nitrogens with one attached hydrogen (secondary N) is 1. The predicted molar refractivity (Wildman–Crippen MR) is 63.6 cm³/mol. The average Bonchev–Trinajstić information content (AvgIpc) is 2.50. The molecule has 1 heterocycles. The van der Waals surface area contributed by atoms with Crippen molar-refractivity contribution in [3.05, 3.63) is 18.0 Å². The van der Waals surface area contributed by atoms with Gasteiger partial charge in [0.1, 0.15) is 0 Å². The molecule has 0 saturated heterocycles. The van der Waals surface area contributed by atoms with Crippen LogP contribution in [0.3, 0.4) is 0 Å². The lowest BCUT2D eigenvalue weighted by molar-refractivity contribution is 0.475. The Hall–Kier alpha value is -0.830. The van der Waals surface area contributed by atoms with E-state index in [0.29, 0.717) is 11.8 Å². The van der Waals surface area contributed by atoms with Gasteiger partial charge >= 0.3 is 0 Å². The molecule has 0 aliphatic heterocycles. The Morgan fingerprint density at radius 1 is 1.27 bits per heavy atom. The quantitative estimate of drug-likeness (QED) is 0.779. The van der Waals surface area contributed by atoms with E-state index in [-0.39, 0.29) is 0 Å². The Labute approximate surface area is 92.9 Å². The Balaban J connectivity index is 2.33. The normalized spacial score (nSPS) is 11.6. The van der Waals surface area contributed by atoms with Crippen LogP contribution in [0.2, 0.25) is 0 Å². The second-order valence-electron chi connectivity index (χ2n) is 4.95. The van der Waals surface area contributed by atoms with Crippen LogP contribution in [0.25, 0.3) is 0 Å². The molecule has 0 radical (unpaired) electrons. The van der Waals surface area contributed by atoms with Gasteiger partial charge in [-0.2, -0.15) is 5.10 Å². The molecule has 3 heteroatoms. The van der Waals surface area contributed by atoms with E-state index in [2.05, 4.69) is 50.4 Å². The highest BCUT2D eigenvalue weighted by Crippen LogP contribution is 2.00. The van der Waals surface area contributed by atoms with Gasteiger partial charge in [0.25, 0.3) is 0 Å². The molecule has 0 unspecified atom stereocenters. The van der Waals surface area contributed by atoms with E-state index >= 15 is 0 Å². The summed E-state index contributed by atoms with van der Waals surface area (Å²) in [7, 11) is 0. The van der Waals surface area contributed by atoms with Crippen LogP contribution in [-0.4, -0.2) is 16.3 Å². The van der Waals surface area contributed by atoms with Gasteiger partial charge in [-0.1, -0.05) is 27.7 Å². The van der Waals surface area contributed by atoms with E-state index in [0.717, 1.165) is 25.3 Å². The first-order chi connectivity index (χ1) is 7.08. The van der Waals surface area contributed by atoms with Crippen molar-refractivity contribution in [1.82, 2.24) is 15.1 Å². The van der Waals surface area contributed by atoms with Crippen molar-refractivity contribution in [3.8, 4) is 0 Å². The zero-order valence-corrected chi connectivity index (χ0v) is 10.3. The third-order valence-corrected chi connectivity index (χ3v) is 2.11. The van der Waals surface area contributed by atoms with Gasteiger partial charge < -0.3 is 5.32 Å². The van der Waals surface area contributed by atoms with Crippen LogP contribution < -0.4 is 5.32 Å². The van der Waals surface area contributed by atoms with Crippen molar-refractivity contribution in [3.63, 3.8) is 0 Å². The second-order valence-corrected chi connectivity index (χ2v) is 4.95. The van der Waals surface area contributed by atoms with Crippen molar-refractivity contribution < 1.29 is 0 Å². The molecule has 0 aliphatic rings. The van der Waals surface area contributed by atoms with Crippen LogP contribution >= 0.6 is 0 Å². The Morgan fingerprint density at radius 2 is 2.00 bits per heavy atom. The first-order valence-electron chi connectivity index (χ1n) is 5.81. The fourth-order valence-corrected chi connectivity index (χ4v) is 1.46. The molecular weight excluding hydrogens is 186 g/mol. The zero-order chi connectivity index (χ0) is 11.3. The maximum absolute atomic E-state index is 4.50. The minimum Gasteiger partial charge on any atom is -0.311 e. The molecule has 3 nitrogen and oxygen atoms in total. The average molecular weight is 209 g/mol. The van der Waals surface area contributed by atoms with Crippen molar-refractivity contribution in [2.45, 2.75) is 40.8 Å². The Morgan fingerprint density at radius 3 is 2.60 bits per heavy atom. The minimum absolute atomic E-state index is 0.654. The topological polar surface area (TPSA) is 29.9 Å². The van der Waals surface area contributed by atoms with E-state index in [1.54, 1.807) is 0 Å². The summed E-state index contributed by atoms with van der Waals surface area (Å²) in [6, 6.07) is 2.09. The van der Waals surface area contributed by atoms with Crippen molar-refractivity contribution in [1.29, 1.82) is 0 Å². The van der Waals surface area contributed by atoms with E-state index in [1.165, 1.54) is 0 Å². The van der Waals surface area contributed by atoms with Crippen LogP contribution in [0.1, 0.15) is 33.4 Å². The molecule has 0 bridgehead atoms. The van der Waals surface area contributed by atoms with Gasteiger partial charge in [0.15, 0.2) is 0 Å². The monoisotopic (exact) mass is 209 g/mol. The first kappa shape index (κ1) is 12.2. The molecular formula is C12H23N3. The van der Waals surface area contributed by atoms with Gasteiger partial charge in [0, 0.05) is 19.3 Å². The molecule has 15 heavy (non-hydrogen) atoms. The molecule has 0 spiro atoms. The van der Waals surface area contributed by atoms with Crippen LogP contribution in [-0.2, 0) is 13.1 Å². The van der Waals surface area contributed by atoms with E-state index in [4.69, 9.17) is 0 Å². The third kappa shape index (κ3) is 4.98. The molecule has 0 fully saturated rings. The zero-order valence-electron chi connectivity index (χ0n) is 10.3. The fraction of sp³-hybridized carbons (Fsp3) is 0.750. The lowest BCUT2D eigenvalue weighted by Crippen LogP contribution is -2.19. The largest absolute Gasteiger partial charge is 0.311 e. The van der Waals surface area contributed by atoms with E-state index in [9.17, 15) is 0 Å². The summed E-state index contributed by atoms with van der Waals surface area (Å²) >= 11 is 0. The molecule has 0 saturated carbocycles. The van der Waals surface area contributed by atoms with Gasteiger partial charge in [-0.05, 0) is 24.4 Å². The van der Waals surface area contributed by atoms with Gasteiger partial charge in [0.05, 0.1) is 5.69 Å². The van der Waals surface area contributed by atoms with Crippen LogP contribution in [0.15, 0.2) is 12.3 Å². The molecule has 1 aromatic rings. The van der Waals surface area contributed by atoms with Crippen LogP contribution in [0, 0.1) is 11.8 Å². The Kier molecular flexibility index (Phi) is 4.82. The molecule has 1 N–H and O–H groups in total. The number of hydrogen-bond donors (Lipinski definition) is 1. The molecule has 86 valence electrons. The highest BCUT2D eigenvalue weighted by atomic mass is 15.3. The SMILES string of the molecule is CC(C)CNCc1ccn(CC(C)C)n1. The molecule has 0 atom stereocenters. The summed E-state index contributed by atoms with van der Waals surface area (Å²) in [6.45, 7) is 11.8. The number of aromatic nitrogens is 2. The Bertz CT molecular complexity index is 276. The van der Waals surface area contributed by atoms with Crippen LogP contribution in [0.4, 0.5) is 0 Å². The van der Waals surface area contributed by atoms with Gasteiger partial charge in [-0.3, -0.25) is 4.68 Å². The second kappa shape index (κ2) is 5.91. The lowest BCUT2D eigenvalue weighted by atomic mass is 10.2. The molecule has 1 rings (SSSR count). The molecule has 1 aromatic heterocycles. The van der Waals surface area contributed by atoms with Gasteiger partial charge in [-0.15, -0.1) is 0 Å². The number of rotatable bonds is 6. The van der Waals surface area contributed by atoms with E-state index < -0.39 is 0 Å². The summed E-state index contributed by atoms with van der Waals surface area (Å²) in [6.07, 6.45) is 2.06. The van der Waals surface area contributed by atoms with E-state index in [1.807, 2.05) is 4.68 Å². The summed E-state index contributed by atoms with van der Waals surface area (Å²) in [5.41, 5.74) is 1.14. The van der Waals surface area contributed by atoms with Gasteiger partial charge in [-0.25, -0.2) is 0 Å². The lowest BCUT2D eigenvalue weighted by Gasteiger charge is -2.06. The maximum Gasteiger partial charge on any atom is 0.0762 e. The highest BCUT2D eigenvalue weighted by molar-refractivity contribution is 4.98. The van der Waals surface area contributed by atoms with Crippen molar-refractivity contribution in [2.24, 2.45) is 11.8 Å².